The number of aromatic nitrogens is 5. The van der Waals surface area contributed by atoms with Gasteiger partial charge in [0.2, 0.25) is 0 Å². The number of nitrogen functional groups attached to an aromatic ring is 1. The summed E-state index contributed by atoms with van der Waals surface area (Å²) < 4.78 is 3.75. The van der Waals surface area contributed by atoms with Crippen LogP contribution in [0.5, 0.6) is 0 Å². The number of anilines is 2. The van der Waals surface area contributed by atoms with Crippen LogP contribution in [-0.4, -0.2) is 31.3 Å². The van der Waals surface area contributed by atoms with Gasteiger partial charge in [-0.3, -0.25) is 4.68 Å². The fourth-order valence-corrected chi connectivity index (χ4v) is 1.91. The fraction of sp³-hybridized carbons (Fsp3) is 0.583. The molecule has 0 spiro atoms. The molecule has 0 atom stereocenters. The molecule has 2 aromatic rings. The van der Waals surface area contributed by atoms with Crippen LogP contribution in [0.15, 0.2) is 12.4 Å². The maximum Gasteiger partial charge on any atom is 0.148 e. The zero-order chi connectivity index (χ0) is 13.8. The number of hydrogen-bond acceptors (Lipinski definition) is 5. The van der Waals surface area contributed by atoms with Gasteiger partial charge < -0.3 is 11.1 Å². The molecule has 0 saturated carbocycles. The molecule has 0 fully saturated rings. The van der Waals surface area contributed by atoms with Crippen LogP contribution in [0.4, 0.5) is 11.5 Å². The van der Waals surface area contributed by atoms with Crippen molar-refractivity contribution in [2.24, 2.45) is 0 Å². The summed E-state index contributed by atoms with van der Waals surface area (Å²) in [5.41, 5.74) is 7.64. The number of hydrogen-bond donors (Lipinski definition) is 2. The molecule has 2 rings (SSSR count). The molecule has 19 heavy (non-hydrogen) atoms. The van der Waals surface area contributed by atoms with Crippen molar-refractivity contribution >= 4 is 11.5 Å². The van der Waals surface area contributed by atoms with Crippen LogP contribution in [-0.2, 0) is 6.54 Å². The molecule has 0 saturated heterocycles. The van der Waals surface area contributed by atoms with Crippen LogP contribution < -0.4 is 11.1 Å². The maximum absolute atomic E-state index is 6.04. The zero-order valence-corrected chi connectivity index (χ0v) is 11.7. The minimum absolute atomic E-state index is 0.286. The second kappa shape index (κ2) is 5.73. The third-order valence-electron chi connectivity index (χ3n) is 2.95. The molecular weight excluding hydrogens is 242 g/mol. The molecule has 0 aliphatic carbocycles. The highest BCUT2D eigenvalue weighted by atomic mass is 15.4. The lowest BCUT2D eigenvalue weighted by Gasteiger charge is -2.13. The van der Waals surface area contributed by atoms with Gasteiger partial charge in [-0.2, -0.15) is 5.10 Å². The van der Waals surface area contributed by atoms with E-state index in [0.29, 0.717) is 0 Å². The summed E-state index contributed by atoms with van der Waals surface area (Å²) in [6.07, 6.45) is 4.49. The number of nitrogens with two attached hydrogens (primary N) is 1. The SMILES string of the molecule is Cc1nn(C(C)C)c(NCCCn2ccnn2)c1N. The number of aryl methyl sites for hydroxylation is 2. The molecule has 0 aromatic carbocycles. The van der Waals surface area contributed by atoms with E-state index in [4.69, 9.17) is 5.73 Å². The Labute approximate surface area is 112 Å². The van der Waals surface area contributed by atoms with E-state index < -0.39 is 0 Å². The predicted octanol–water partition coefficient (Wildman–Crippen LogP) is 1.45. The van der Waals surface area contributed by atoms with E-state index in [1.165, 1.54) is 0 Å². The highest BCUT2D eigenvalue weighted by molar-refractivity contribution is 5.64. The van der Waals surface area contributed by atoms with Crippen LogP contribution >= 0.6 is 0 Å². The van der Waals surface area contributed by atoms with E-state index >= 15 is 0 Å². The third kappa shape index (κ3) is 3.04. The monoisotopic (exact) mass is 263 g/mol. The minimum atomic E-state index is 0.286. The Morgan fingerprint density at radius 1 is 1.42 bits per heavy atom. The number of nitrogens with one attached hydrogen (secondary N) is 1. The fourth-order valence-electron chi connectivity index (χ4n) is 1.91. The molecule has 7 nitrogen and oxygen atoms in total. The first-order valence-electron chi connectivity index (χ1n) is 6.52. The second-order valence-corrected chi connectivity index (χ2v) is 4.83. The molecule has 0 aliphatic heterocycles. The Kier molecular flexibility index (Phi) is 4.03. The Bertz CT molecular complexity index is 512. The standard InChI is InChI=1S/C12H21N7/c1-9(2)19-12(11(13)10(3)16-19)14-5-4-7-18-8-6-15-17-18/h6,8-9,14H,4-5,7,13H2,1-3H3. The first kappa shape index (κ1) is 13.4. The van der Waals surface area contributed by atoms with Gasteiger partial charge in [-0.05, 0) is 27.2 Å². The van der Waals surface area contributed by atoms with E-state index in [2.05, 4.69) is 34.6 Å². The molecule has 2 heterocycles. The summed E-state index contributed by atoms with van der Waals surface area (Å²) in [7, 11) is 0. The molecule has 0 aliphatic rings. The van der Waals surface area contributed by atoms with Gasteiger partial charge in [0.25, 0.3) is 0 Å². The van der Waals surface area contributed by atoms with Crippen LogP contribution in [0.25, 0.3) is 0 Å². The maximum atomic E-state index is 6.04. The Balaban J connectivity index is 1.92. The molecule has 104 valence electrons. The number of nitrogens with zero attached hydrogens (tertiary/aromatic N) is 5. The first-order chi connectivity index (χ1) is 9.09. The van der Waals surface area contributed by atoms with Gasteiger partial charge in [-0.15, -0.1) is 5.10 Å². The van der Waals surface area contributed by atoms with Crippen molar-refractivity contribution < 1.29 is 0 Å². The molecule has 0 radical (unpaired) electrons. The summed E-state index contributed by atoms with van der Waals surface area (Å²) in [6, 6.07) is 0.286. The average Bonchev–Trinajstić information content (AvgIpc) is 2.97. The Morgan fingerprint density at radius 2 is 2.21 bits per heavy atom. The first-order valence-corrected chi connectivity index (χ1v) is 6.52. The van der Waals surface area contributed by atoms with Gasteiger partial charge in [-0.1, -0.05) is 5.21 Å². The van der Waals surface area contributed by atoms with Gasteiger partial charge >= 0.3 is 0 Å². The molecule has 0 unspecified atom stereocenters. The summed E-state index contributed by atoms with van der Waals surface area (Å²) in [6.45, 7) is 7.76. The van der Waals surface area contributed by atoms with Crippen LogP contribution in [0.2, 0.25) is 0 Å². The van der Waals surface area contributed by atoms with Crippen molar-refractivity contribution in [3.8, 4) is 0 Å². The topological polar surface area (TPSA) is 86.6 Å². The smallest absolute Gasteiger partial charge is 0.148 e. The van der Waals surface area contributed by atoms with E-state index in [-0.39, 0.29) is 6.04 Å². The van der Waals surface area contributed by atoms with Gasteiger partial charge in [0.05, 0.1) is 17.6 Å². The summed E-state index contributed by atoms with van der Waals surface area (Å²) in [4.78, 5) is 0. The van der Waals surface area contributed by atoms with Crippen molar-refractivity contribution in [1.29, 1.82) is 0 Å². The predicted molar refractivity (Wildman–Crippen MR) is 74.9 cm³/mol. The Hall–Kier alpha value is -2.05. The normalized spacial score (nSPS) is 11.2. The Morgan fingerprint density at radius 3 is 2.84 bits per heavy atom. The molecule has 0 amide bonds. The lowest BCUT2D eigenvalue weighted by Crippen LogP contribution is -2.13. The summed E-state index contributed by atoms with van der Waals surface area (Å²) in [5.74, 6) is 0.908. The van der Waals surface area contributed by atoms with E-state index in [1.54, 1.807) is 6.20 Å². The molecule has 0 bridgehead atoms. The van der Waals surface area contributed by atoms with Gasteiger partial charge in [0, 0.05) is 25.3 Å². The van der Waals surface area contributed by atoms with Gasteiger partial charge in [-0.25, -0.2) is 4.68 Å². The highest BCUT2D eigenvalue weighted by Crippen LogP contribution is 2.25. The van der Waals surface area contributed by atoms with Gasteiger partial charge in [0.1, 0.15) is 5.82 Å². The quantitative estimate of drug-likeness (QED) is 0.770. The molecule has 7 heteroatoms. The molecule has 3 N–H and O–H groups in total. The minimum Gasteiger partial charge on any atom is -0.394 e. The van der Waals surface area contributed by atoms with Crippen molar-refractivity contribution in [3.05, 3.63) is 18.1 Å². The third-order valence-corrected chi connectivity index (χ3v) is 2.95. The zero-order valence-electron chi connectivity index (χ0n) is 11.7. The summed E-state index contributed by atoms with van der Waals surface area (Å²) in [5, 5.41) is 15.5. The number of rotatable bonds is 6. The summed E-state index contributed by atoms with van der Waals surface area (Å²) >= 11 is 0. The van der Waals surface area contributed by atoms with Gasteiger partial charge in [0.15, 0.2) is 0 Å². The van der Waals surface area contributed by atoms with Crippen LogP contribution in [0, 0.1) is 6.92 Å². The lowest BCUT2D eigenvalue weighted by atomic mass is 10.3. The van der Waals surface area contributed by atoms with E-state index in [1.807, 2.05) is 22.5 Å². The molecular formula is C12H21N7. The van der Waals surface area contributed by atoms with Crippen molar-refractivity contribution in [1.82, 2.24) is 24.8 Å². The van der Waals surface area contributed by atoms with Crippen LogP contribution in [0.1, 0.15) is 32.0 Å². The average molecular weight is 263 g/mol. The van der Waals surface area contributed by atoms with E-state index in [9.17, 15) is 0 Å². The highest BCUT2D eigenvalue weighted by Gasteiger charge is 2.13. The van der Waals surface area contributed by atoms with E-state index in [0.717, 1.165) is 36.7 Å². The van der Waals surface area contributed by atoms with Crippen molar-refractivity contribution in [2.75, 3.05) is 17.6 Å². The largest absolute Gasteiger partial charge is 0.394 e. The van der Waals surface area contributed by atoms with Crippen LogP contribution in [0.3, 0.4) is 0 Å². The lowest BCUT2D eigenvalue weighted by molar-refractivity contribution is 0.530. The second-order valence-electron chi connectivity index (χ2n) is 4.83. The van der Waals surface area contributed by atoms with Crippen molar-refractivity contribution in [2.45, 2.75) is 39.8 Å². The molecule has 2 aromatic heterocycles. The van der Waals surface area contributed by atoms with Crippen molar-refractivity contribution in [3.63, 3.8) is 0 Å².